The Bertz CT molecular complexity index is 2310. The smallest absolute Gasteiger partial charge is 0.756 e. The van der Waals surface area contributed by atoms with Crippen LogP contribution in [0.4, 0.5) is 11.6 Å². The predicted molar refractivity (Wildman–Crippen MR) is 174 cm³/mol. The Balaban J connectivity index is 0.00000310. The van der Waals surface area contributed by atoms with Crippen LogP contribution >= 0.6 is 43.1 Å². The van der Waals surface area contributed by atoms with Crippen LogP contribution < -0.4 is 149 Å². The Kier molecular flexibility index (Phi) is 22.0. The molecule has 0 amide bonds. The monoisotopic (exact) mass is 984 g/mol. The van der Waals surface area contributed by atoms with Gasteiger partial charge in [0, 0.05) is 7.05 Å². The summed E-state index contributed by atoms with van der Waals surface area (Å²) in [6.45, 7) is -2.44. The number of phosphoric ester groups is 2. The number of imidazole rings is 2. The first-order chi connectivity index (χ1) is 26.1. The number of ether oxygens (including phenoxy) is 2. The number of anilines is 2. The van der Waals surface area contributed by atoms with Gasteiger partial charge in [0.2, 0.25) is 0 Å². The van der Waals surface area contributed by atoms with Gasteiger partial charge in [0.25, 0.3) is 31.3 Å². The zero-order valence-electron chi connectivity index (χ0n) is 32.0. The number of nitrogen functional groups attached to an aromatic ring is 1. The molecule has 0 bridgehead atoms. The largest absolute Gasteiger partial charge is 1.00 e. The Morgan fingerprint density at radius 3 is 1.63 bits per heavy atom. The van der Waals surface area contributed by atoms with E-state index in [0.29, 0.717) is 11.0 Å². The number of hydrogen-bond acceptors (Lipinski definition) is 28. The summed E-state index contributed by atoms with van der Waals surface area (Å²) in [6, 6.07) is 0. The van der Waals surface area contributed by atoms with Gasteiger partial charge < -0.3 is 69.6 Å². The van der Waals surface area contributed by atoms with Gasteiger partial charge in [-0.2, -0.15) is 0 Å². The van der Waals surface area contributed by atoms with E-state index in [1.54, 1.807) is 13.3 Å². The van der Waals surface area contributed by atoms with Gasteiger partial charge in [-0.3, -0.25) is 27.4 Å². The normalized spacial score (nSPS) is 27.9. The SMILES string of the molecule is CNc1nc(SC)nc2c1ncn2[C@@H]1O[C@H](COP(=O)([O-])OP(=O)([O-])OP(=O)([O-])OP(=O)([O-])OC[C@H]2O[C@@H](n3cnc4c(N)ncnc43)[C@H](O)[C@@H]2O)[C@@H](O)[C@H]1O.[Na+].[Na+].[Na+].[Na+]. The summed E-state index contributed by atoms with van der Waals surface area (Å²) >= 11 is 1.17. The average Bonchev–Trinajstić information content (AvgIpc) is 3.86. The molecule has 4 unspecified atom stereocenters. The van der Waals surface area contributed by atoms with Crippen molar-refractivity contribution < 1.29 is 208 Å². The zero-order valence-corrected chi connectivity index (χ0v) is 44.4. The van der Waals surface area contributed by atoms with E-state index in [2.05, 4.69) is 57.2 Å². The van der Waals surface area contributed by atoms with E-state index in [-0.39, 0.29) is 146 Å². The molecule has 2 saturated heterocycles. The number of rotatable bonds is 16. The average molecular weight is 984 g/mol. The van der Waals surface area contributed by atoms with Gasteiger partial charge in [-0.15, -0.1) is 0 Å². The molecule has 38 heteroatoms. The zero-order chi connectivity index (χ0) is 41.0. The van der Waals surface area contributed by atoms with E-state index >= 15 is 0 Å². The molecular formula is C22H28N10Na4O19P4S. The summed E-state index contributed by atoms with van der Waals surface area (Å²) in [4.78, 5) is 73.3. The Labute approximate surface area is 429 Å². The molecule has 2 fully saturated rings. The summed E-state index contributed by atoms with van der Waals surface area (Å²) in [5.74, 6) is 0.280. The van der Waals surface area contributed by atoms with Crippen LogP contribution in [0.15, 0.2) is 24.1 Å². The first-order valence-corrected chi connectivity index (χ1v) is 22.3. The third-order valence-electron chi connectivity index (χ3n) is 7.82. The second-order valence-corrected chi connectivity index (χ2v) is 18.3. The molecule has 0 aliphatic carbocycles. The maximum absolute atomic E-state index is 12.3. The first kappa shape index (κ1) is 57.5. The van der Waals surface area contributed by atoms with E-state index in [1.165, 1.54) is 22.7 Å². The van der Waals surface area contributed by atoms with Crippen molar-refractivity contribution in [2.75, 3.05) is 37.6 Å². The predicted octanol–water partition coefficient (Wildman–Crippen LogP) is -15.8. The molecule has 12 atom stereocenters. The number of hydrogen-bond donors (Lipinski definition) is 6. The Morgan fingerprint density at radius 1 is 0.717 bits per heavy atom. The molecular weight excluding hydrogens is 956 g/mol. The Hall–Kier alpha value is 1.37. The number of aliphatic hydroxyl groups excluding tert-OH is 4. The van der Waals surface area contributed by atoms with Crippen LogP contribution in [0.2, 0.25) is 0 Å². The van der Waals surface area contributed by atoms with Crippen molar-refractivity contribution >= 4 is 77.0 Å². The summed E-state index contributed by atoms with van der Waals surface area (Å²) < 4.78 is 81.9. The fourth-order valence-corrected chi connectivity index (χ4v) is 10.5. The number of nitrogens with one attached hydrogen (secondary N) is 1. The standard InChI is InChI=1S/C22H32N10O19P4S.4Na/c1-24-17-11-19(30-22(29-17)56-2)32(7-28-11)21-15(36)13(34)9(48-21)4-46-53(39,40)50-55(43,44)51-54(41,42)49-52(37,38)45-3-8-12(33)14(35)20(47-8)31-6-27-10-16(23)25-5-26-18(10)31;;;;/h5-9,12-15,20-21,33-36H,3-4H2,1-2H3,(H,37,38)(H,39,40)(H,41,42)(H,43,44)(H2,23,25,26)(H,24,29,30);;;;/q;4*+1/p-4/t8-,9-,12-,13-,14-,15-,20-,21-;;;;/m1..../s1. The van der Waals surface area contributed by atoms with Gasteiger partial charge >= 0.3 is 118 Å². The molecule has 7 N–H and O–H groups in total. The number of aromatic nitrogens is 8. The van der Waals surface area contributed by atoms with Crippen LogP contribution in [0.5, 0.6) is 0 Å². The molecule has 2 aliphatic heterocycles. The molecule has 310 valence electrons. The molecule has 0 spiro atoms. The van der Waals surface area contributed by atoms with Crippen molar-refractivity contribution in [3.63, 3.8) is 0 Å². The molecule has 29 nitrogen and oxygen atoms in total. The number of phosphoric acid groups is 4. The fourth-order valence-electron chi connectivity index (χ4n) is 5.37. The molecule has 4 aromatic heterocycles. The minimum atomic E-state index is -6.60. The number of nitrogens with two attached hydrogens (primary N) is 1. The van der Waals surface area contributed by atoms with Crippen LogP contribution in [0.3, 0.4) is 0 Å². The number of nitrogens with zero attached hydrogens (tertiary/aromatic N) is 8. The van der Waals surface area contributed by atoms with Gasteiger partial charge in [-0.25, -0.2) is 42.8 Å². The van der Waals surface area contributed by atoms with E-state index in [9.17, 15) is 58.3 Å². The maximum atomic E-state index is 12.3. The maximum Gasteiger partial charge on any atom is 1.00 e. The summed E-state index contributed by atoms with van der Waals surface area (Å²) in [5, 5.41) is 45.2. The third kappa shape index (κ3) is 13.3. The van der Waals surface area contributed by atoms with E-state index in [1.807, 2.05) is 0 Å². The van der Waals surface area contributed by atoms with Gasteiger partial charge in [0.1, 0.15) is 48.5 Å². The first-order valence-electron chi connectivity index (χ1n) is 15.2. The molecule has 0 saturated carbocycles. The molecule has 0 aromatic carbocycles. The van der Waals surface area contributed by atoms with E-state index in [0.717, 1.165) is 17.2 Å². The van der Waals surface area contributed by atoms with Crippen LogP contribution in [0, 0.1) is 0 Å². The quantitative estimate of drug-likeness (QED) is 0.0263. The van der Waals surface area contributed by atoms with Crippen molar-refractivity contribution in [3.8, 4) is 0 Å². The van der Waals surface area contributed by atoms with Crippen LogP contribution in [0.1, 0.15) is 12.5 Å². The van der Waals surface area contributed by atoms with Crippen LogP contribution in [-0.4, -0.2) is 123 Å². The molecule has 60 heavy (non-hydrogen) atoms. The fraction of sp³-hybridized carbons (Fsp3) is 0.545. The van der Waals surface area contributed by atoms with Crippen LogP contribution in [0.25, 0.3) is 22.3 Å². The number of aliphatic hydroxyl groups is 4. The molecule has 0 radical (unpaired) electrons. The summed E-state index contributed by atoms with van der Waals surface area (Å²) in [5.41, 5.74) is 6.25. The minimum absolute atomic E-state index is 0. The van der Waals surface area contributed by atoms with Crippen molar-refractivity contribution in [2.24, 2.45) is 0 Å². The summed E-state index contributed by atoms with van der Waals surface area (Å²) in [6.07, 6.45) is -8.41. The topological polar surface area (TPSA) is 431 Å². The molecule has 6 rings (SSSR count). The van der Waals surface area contributed by atoms with Crippen LogP contribution in [-0.2, 0) is 49.7 Å². The van der Waals surface area contributed by atoms with E-state index in [4.69, 9.17) is 15.2 Å². The Morgan fingerprint density at radius 2 is 1.17 bits per heavy atom. The number of thioether (sulfide) groups is 1. The summed E-state index contributed by atoms with van der Waals surface area (Å²) in [7, 11) is -23.9. The van der Waals surface area contributed by atoms with Gasteiger partial charge in [0.05, 0.1) is 25.9 Å². The molecule has 4 aromatic rings. The minimum Gasteiger partial charge on any atom is -0.756 e. The second-order valence-electron chi connectivity index (χ2n) is 11.4. The van der Waals surface area contributed by atoms with E-state index < -0.39 is 93.6 Å². The molecule has 2 aliphatic rings. The number of fused-ring (bicyclic) bond motifs is 2. The van der Waals surface area contributed by atoms with Crippen molar-refractivity contribution in [2.45, 2.75) is 54.2 Å². The van der Waals surface area contributed by atoms with Gasteiger partial charge in [-0.1, -0.05) is 11.8 Å². The third-order valence-corrected chi connectivity index (χ3v) is 14.1. The van der Waals surface area contributed by atoms with Gasteiger partial charge in [-0.05, 0) is 6.26 Å². The second kappa shape index (κ2) is 22.9. The van der Waals surface area contributed by atoms with Crippen molar-refractivity contribution in [1.82, 2.24) is 39.0 Å². The van der Waals surface area contributed by atoms with Crippen molar-refractivity contribution in [3.05, 3.63) is 19.0 Å². The van der Waals surface area contributed by atoms with Gasteiger partial charge in [0.15, 0.2) is 46.1 Å². The molecule has 6 heterocycles. The van der Waals surface area contributed by atoms with Crippen molar-refractivity contribution in [1.29, 1.82) is 0 Å².